The smallest absolute Gasteiger partial charge is 0.252 e. The molecule has 1 aromatic carbocycles. The first-order valence-electron chi connectivity index (χ1n) is 7.87. The van der Waals surface area contributed by atoms with Gasteiger partial charge in [0.2, 0.25) is 0 Å². The maximum Gasteiger partial charge on any atom is 0.252 e. The molecule has 0 aliphatic carbocycles. The topological polar surface area (TPSA) is 68.2 Å². The van der Waals surface area contributed by atoms with E-state index in [1.807, 2.05) is 36.5 Å². The van der Waals surface area contributed by atoms with Gasteiger partial charge in [0.05, 0.1) is 5.69 Å². The van der Waals surface area contributed by atoms with Crippen molar-refractivity contribution in [3.63, 3.8) is 0 Å². The van der Waals surface area contributed by atoms with Crippen molar-refractivity contribution < 1.29 is 9.53 Å². The minimum absolute atomic E-state index is 0.0447. The maximum absolute atomic E-state index is 12.6. The van der Waals surface area contributed by atoms with Crippen molar-refractivity contribution in [2.24, 2.45) is 0 Å². The molecule has 1 aliphatic rings. The summed E-state index contributed by atoms with van der Waals surface area (Å²) < 4.78 is 7.37. The summed E-state index contributed by atoms with van der Waals surface area (Å²) in [6, 6.07) is 9.80. The zero-order valence-corrected chi connectivity index (χ0v) is 13.3. The molecule has 0 unspecified atom stereocenters. The van der Waals surface area contributed by atoms with Gasteiger partial charge in [0.25, 0.3) is 5.91 Å². The van der Waals surface area contributed by atoms with Crippen molar-refractivity contribution >= 4 is 5.91 Å². The van der Waals surface area contributed by atoms with Gasteiger partial charge in [0.15, 0.2) is 0 Å². The van der Waals surface area contributed by atoms with Gasteiger partial charge >= 0.3 is 0 Å². The first kappa shape index (κ1) is 15.7. The minimum atomic E-state index is -0.716. The lowest BCUT2D eigenvalue weighted by Crippen LogP contribution is -2.54. The van der Waals surface area contributed by atoms with Crippen molar-refractivity contribution in [2.75, 3.05) is 20.2 Å². The molecule has 2 aromatic rings. The predicted octanol–water partition coefficient (Wildman–Crippen LogP) is 1.26. The number of rotatable bonds is 5. The van der Waals surface area contributed by atoms with Crippen molar-refractivity contribution in [1.29, 1.82) is 0 Å². The summed E-state index contributed by atoms with van der Waals surface area (Å²) >= 11 is 0. The lowest BCUT2D eigenvalue weighted by molar-refractivity contribution is -0.146. The average Bonchev–Trinajstić information content (AvgIpc) is 3.15. The van der Waals surface area contributed by atoms with Crippen LogP contribution in [0.15, 0.2) is 42.7 Å². The Morgan fingerprint density at radius 1 is 1.35 bits per heavy atom. The number of carbonyl (C=O) groups is 1. The normalized spacial score (nSPS) is 16.9. The van der Waals surface area contributed by atoms with Gasteiger partial charge in [0.1, 0.15) is 5.60 Å². The first-order valence-corrected chi connectivity index (χ1v) is 7.87. The molecule has 6 heteroatoms. The van der Waals surface area contributed by atoms with Crippen LogP contribution in [0.4, 0.5) is 0 Å². The van der Waals surface area contributed by atoms with Crippen molar-refractivity contribution in [1.82, 2.24) is 20.4 Å². The van der Waals surface area contributed by atoms with E-state index in [2.05, 4.69) is 15.7 Å². The second kappa shape index (κ2) is 6.93. The van der Waals surface area contributed by atoms with E-state index in [1.54, 1.807) is 18.0 Å². The van der Waals surface area contributed by atoms with Gasteiger partial charge in [0, 0.05) is 26.0 Å². The molecule has 23 heavy (non-hydrogen) atoms. The molecular formula is C17H22N4O2. The third-order valence-corrected chi connectivity index (χ3v) is 4.40. The molecule has 2 heterocycles. The fourth-order valence-electron chi connectivity index (χ4n) is 2.99. The van der Waals surface area contributed by atoms with Crippen LogP contribution in [0.2, 0.25) is 0 Å². The summed E-state index contributed by atoms with van der Waals surface area (Å²) in [5, 5.41) is 10.6. The van der Waals surface area contributed by atoms with Crippen LogP contribution in [0.3, 0.4) is 0 Å². The first-order chi connectivity index (χ1) is 11.2. The number of methoxy groups -OCH3 is 1. The Labute approximate surface area is 135 Å². The molecule has 0 spiro atoms. The molecule has 2 N–H and O–H groups in total. The fourth-order valence-corrected chi connectivity index (χ4v) is 2.99. The highest BCUT2D eigenvalue weighted by Gasteiger charge is 2.39. The van der Waals surface area contributed by atoms with Gasteiger partial charge in [-0.2, -0.15) is 5.10 Å². The zero-order valence-electron chi connectivity index (χ0n) is 13.3. The third kappa shape index (κ3) is 3.28. The van der Waals surface area contributed by atoms with Crippen LogP contribution in [-0.4, -0.2) is 41.5 Å². The van der Waals surface area contributed by atoms with Crippen molar-refractivity contribution in [3.8, 4) is 5.69 Å². The van der Waals surface area contributed by atoms with Crippen LogP contribution >= 0.6 is 0 Å². The Morgan fingerprint density at radius 2 is 2.13 bits per heavy atom. The van der Waals surface area contributed by atoms with E-state index in [1.165, 1.54) is 0 Å². The number of carbonyl (C=O) groups excluding carboxylic acids is 1. The van der Waals surface area contributed by atoms with Crippen LogP contribution in [0.1, 0.15) is 18.4 Å². The van der Waals surface area contributed by atoms with Gasteiger partial charge < -0.3 is 15.4 Å². The highest BCUT2D eigenvalue weighted by atomic mass is 16.5. The van der Waals surface area contributed by atoms with Crippen molar-refractivity contribution in [2.45, 2.75) is 25.0 Å². The van der Waals surface area contributed by atoms with E-state index in [9.17, 15) is 4.79 Å². The summed E-state index contributed by atoms with van der Waals surface area (Å²) in [5.41, 5.74) is 1.27. The number of benzene rings is 1. The quantitative estimate of drug-likeness (QED) is 0.872. The van der Waals surface area contributed by atoms with E-state index in [-0.39, 0.29) is 5.91 Å². The molecule has 6 nitrogen and oxygen atoms in total. The molecule has 3 rings (SSSR count). The Balaban J connectivity index is 1.72. The van der Waals surface area contributed by atoms with E-state index in [0.717, 1.165) is 24.3 Å². The third-order valence-electron chi connectivity index (χ3n) is 4.40. The summed E-state index contributed by atoms with van der Waals surface area (Å²) in [6.45, 7) is 2.05. The highest BCUT2D eigenvalue weighted by Crippen LogP contribution is 2.23. The summed E-state index contributed by atoms with van der Waals surface area (Å²) in [6.07, 6.45) is 5.01. The zero-order chi connectivity index (χ0) is 16.1. The van der Waals surface area contributed by atoms with E-state index in [0.29, 0.717) is 19.4 Å². The molecule has 0 radical (unpaired) electrons. The minimum Gasteiger partial charge on any atom is -0.368 e. The number of nitrogens with one attached hydrogen (secondary N) is 2. The Bertz CT molecular complexity index is 648. The molecule has 1 fully saturated rings. The van der Waals surface area contributed by atoms with Crippen LogP contribution < -0.4 is 10.6 Å². The average molecular weight is 314 g/mol. The Hall–Kier alpha value is -2.18. The lowest BCUT2D eigenvalue weighted by Gasteiger charge is -2.34. The molecule has 1 aliphatic heterocycles. The number of aromatic nitrogens is 2. The van der Waals surface area contributed by atoms with Gasteiger partial charge in [-0.05, 0) is 43.6 Å². The van der Waals surface area contributed by atoms with E-state index >= 15 is 0 Å². The summed E-state index contributed by atoms with van der Waals surface area (Å²) in [5.74, 6) is -0.0447. The van der Waals surface area contributed by atoms with E-state index < -0.39 is 5.60 Å². The molecule has 0 atom stereocenters. The number of ether oxygens (including phenoxy) is 1. The standard InChI is InChI=1S/C17H22N4O2/c1-23-17(7-10-18-11-8-17)16(22)19-13-14-5-2-3-6-15(14)21-12-4-9-20-21/h2-6,9,12,18H,7-8,10-11,13H2,1H3,(H,19,22). The number of nitrogens with zero attached hydrogens (tertiary/aromatic N) is 2. The molecule has 0 saturated carbocycles. The van der Waals surface area contributed by atoms with Crippen LogP contribution in [0, 0.1) is 0 Å². The summed E-state index contributed by atoms with van der Waals surface area (Å²) in [7, 11) is 1.61. The summed E-state index contributed by atoms with van der Waals surface area (Å²) in [4.78, 5) is 12.6. The highest BCUT2D eigenvalue weighted by molar-refractivity contribution is 5.85. The monoisotopic (exact) mass is 314 g/mol. The van der Waals surface area contributed by atoms with Crippen LogP contribution in [-0.2, 0) is 16.1 Å². The Kier molecular flexibility index (Phi) is 4.73. The van der Waals surface area contributed by atoms with Crippen molar-refractivity contribution in [3.05, 3.63) is 48.3 Å². The van der Waals surface area contributed by atoms with Crippen LogP contribution in [0.5, 0.6) is 0 Å². The van der Waals surface area contributed by atoms with Gasteiger partial charge in [-0.3, -0.25) is 4.79 Å². The largest absolute Gasteiger partial charge is 0.368 e. The van der Waals surface area contributed by atoms with Gasteiger partial charge in [-0.15, -0.1) is 0 Å². The molecular weight excluding hydrogens is 292 g/mol. The lowest BCUT2D eigenvalue weighted by atomic mass is 9.91. The van der Waals surface area contributed by atoms with Gasteiger partial charge in [-0.1, -0.05) is 18.2 Å². The number of piperidine rings is 1. The molecule has 0 bridgehead atoms. The second-order valence-electron chi connectivity index (χ2n) is 5.71. The number of hydrogen-bond acceptors (Lipinski definition) is 4. The number of amides is 1. The molecule has 1 aromatic heterocycles. The fraction of sp³-hybridized carbons (Fsp3) is 0.412. The molecule has 1 saturated heterocycles. The number of para-hydroxylation sites is 1. The molecule has 1 amide bonds. The van der Waals surface area contributed by atoms with Crippen LogP contribution in [0.25, 0.3) is 5.69 Å². The molecule has 122 valence electrons. The maximum atomic E-state index is 12.6. The van der Waals surface area contributed by atoms with Gasteiger partial charge in [-0.25, -0.2) is 4.68 Å². The number of hydrogen-bond donors (Lipinski definition) is 2. The Morgan fingerprint density at radius 3 is 2.83 bits per heavy atom. The second-order valence-corrected chi connectivity index (χ2v) is 5.71. The predicted molar refractivity (Wildman–Crippen MR) is 87.3 cm³/mol. The SMILES string of the molecule is COC1(C(=O)NCc2ccccc2-n2cccn2)CCNCC1. The van der Waals surface area contributed by atoms with E-state index in [4.69, 9.17) is 4.74 Å².